The van der Waals surface area contributed by atoms with Crippen molar-refractivity contribution in [2.45, 2.75) is 31.1 Å². The van der Waals surface area contributed by atoms with E-state index in [0.717, 1.165) is 19.5 Å². The Morgan fingerprint density at radius 2 is 2.22 bits per heavy atom. The van der Waals surface area contributed by atoms with Crippen LogP contribution in [0.15, 0.2) is 24.3 Å². The molecule has 6 heteroatoms. The summed E-state index contributed by atoms with van der Waals surface area (Å²) in [5.41, 5.74) is 2.64. The fraction of sp³-hybridized carbons (Fsp3) is 0.529. The molecule has 2 heterocycles. The number of nitrogens with one attached hydrogen (secondary N) is 2. The van der Waals surface area contributed by atoms with Crippen LogP contribution in [0.1, 0.15) is 19.4 Å². The average Bonchev–Trinajstić information content (AvgIpc) is 2.93. The molecule has 0 aliphatic carbocycles. The molecular weight excluding hydrogens is 310 g/mol. The Bertz CT molecular complexity index is 618. The number of thioether (sulfide) groups is 1. The van der Waals surface area contributed by atoms with Gasteiger partial charge in [-0.3, -0.25) is 9.59 Å². The molecule has 0 spiro atoms. The standard InChI is InChI=1S/C17H23N3O2S/c1-17(2)16(22)19-13(11-23-17)15(21)18-8-10-20-9-7-12-5-3-4-6-14(12)20/h3-6,13H,7-11H2,1-2H3,(H,18,21)(H,19,22). The highest BCUT2D eigenvalue weighted by molar-refractivity contribution is 8.01. The molecule has 124 valence electrons. The highest BCUT2D eigenvalue weighted by Crippen LogP contribution is 2.29. The zero-order chi connectivity index (χ0) is 16.4. The van der Waals surface area contributed by atoms with Crippen molar-refractivity contribution < 1.29 is 9.59 Å². The molecular formula is C17H23N3O2S. The normalized spacial score (nSPS) is 22.4. The van der Waals surface area contributed by atoms with Gasteiger partial charge in [-0.1, -0.05) is 18.2 Å². The summed E-state index contributed by atoms with van der Waals surface area (Å²) in [5.74, 6) is 0.466. The van der Waals surface area contributed by atoms with Crippen molar-refractivity contribution >= 4 is 29.3 Å². The first-order valence-corrected chi connectivity index (χ1v) is 9.01. The minimum absolute atomic E-state index is 0.0672. The molecule has 5 nitrogen and oxygen atoms in total. The van der Waals surface area contributed by atoms with E-state index in [-0.39, 0.29) is 11.8 Å². The van der Waals surface area contributed by atoms with Gasteiger partial charge in [0.05, 0.1) is 4.75 Å². The summed E-state index contributed by atoms with van der Waals surface area (Å²) >= 11 is 1.53. The lowest BCUT2D eigenvalue weighted by atomic mass is 10.1. The number of para-hydroxylation sites is 1. The molecule has 2 N–H and O–H groups in total. The van der Waals surface area contributed by atoms with E-state index in [1.807, 2.05) is 19.9 Å². The molecule has 0 saturated carbocycles. The summed E-state index contributed by atoms with van der Waals surface area (Å²) in [5, 5.41) is 5.76. The monoisotopic (exact) mass is 333 g/mol. The van der Waals surface area contributed by atoms with Gasteiger partial charge in [0.15, 0.2) is 0 Å². The fourth-order valence-corrected chi connectivity index (χ4v) is 3.96. The minimum atomic E-state index is -0.448. The van der Waals surface area contributed by atoms with Crippen LogP contribution in [0.25, 0.3) is 0 Å². The Morgan fingerprint density at radius 1 is 1.43 bits per heavy atom. The van der Waals surface area contributed by atoms with Crippen molar-refractivity contribution in [3.8, 4) is 0 Å². The number of anilines is 1. The van der Waals surface area contributed by atoms with Crippen LogP contribution in [0.5, 0.6) is 0 Å². The summed E-state index contributed by atoms with van der Waals surface area (Å²) in [6.07, 6.45) is 1.06. The van der Waals surface area contributed by atoms with Crippen LogP contribution in [0.2, 0.25) is 0 Å². The van der Waals surface area contributed by atoms with Crippen molar-refractivity contribution in [1.82, 2.24) is 10.6 Å². The lowest BCUT2D eigenvalue weighted by Crippen LogP contribution is -2.57. The van der Waals surface area contributed by atoms with Gasteiger partial charge in [-0.2, -0.15) is 0 Å². The third-order valence-corrected chi connectivity index (χ3v) is 5.85. The maximum absolute atomic E-state index is 12.2. The van der Waals surface area contributed by atoms with Crippen molar-refractivity contribution in [2.75, 3.05) is 30.3 Å². The number of rotatable bonds is 4. The lowest BCUT2D eigenvalue weighted by molar-refractivity contribution is -0.129. The molecule has 23 heavy (non-hydrogen) atoms. The SMILES string of the molecule is CC1(C)SCC(C(=O)NCCN2CCc3ccccc32)NC1=O. The second-order valence-electron chi connectivity index (χ2n) is 6.50. The molecule has 1 aromatic rings. The topological polar surface area (TPSA) is 61.4 Å². The van der Waals surface area contributed by atoms with E-state index in [1.54, 1.807) is 0 Å². The summed E-state index contributed by atoms with van der Waals surface area (Å²) in [7, 11) is 0. The quantitative estimate of drug-likeness (QED) is 0.868. The molecule has 1 aromatic carbocycles. The first-order chi connectivity index (χ1) is 11.0. The molecule has 3 rings (SSSR count). The molecule has 1 fully saturated rings. The molecule has 2 amide bonds. The van der Waals surface area contributed by atoms with Gasteiger partial charge in [-0.05, 0) is 31.9 Å². The highest BCUT2D eigenvalue weighted by atomic mass is 32.2. The molecule has 2 aliphatic heterocycles. The van der Waals surface area contributed by atoms with Crippen LogP contribution in [0, 0.1) is 0 Å². The van der Waals surface area contributed by atoms with Gasteiger partial charge in [0, 0.05) is 31.1 Å². The third-order valence-electron chi connectivity index (χ3n) is 4.44. The Balaban J connectivity index is 1.47. The van der Waals surface area contributed by atoms with Gasteiger partial charge in [-0.25, -0.2) is 0 Å². The van der Waals surface area contributed by atoms with Gasteiger partial charge in [0.2, 0.25) is 11.8 Å². The van der Waals surface area contributed by atoms with Crippen LogP contribution in [-0.2, 0) is 16.0 Å². The zero-order valence-corrected chi connectivity index (χ0v) is 14.4. The predicted molar refractivity (Wildman–Crippen MR) is 93.8 cm³/mol. The van der Waals surface area contributed by atoms with E-state index in [4.69, 9.17) is 0 Å². The van der Waals surface area contributed by atoms with Gasteiger partial charge in [0.1, 0.15) is 6.04 Å². The molecule has 1 unspecified atom stereocenters. The van der Waals surface area contributed by atoms with Crippen LogP contribution < -0.4 is 15.5 Å². The minimum Gasteiger partial charge on any atom is -0.369 e. The third kappa shape index (κ3) is 3.47. The van der Waals surface area contributed by atoms with Crippen molar-refractivity contribution in [1.29, 1.82) is 0 Å². The molecule has 2 aliphatic rings. The second kappa shape index (κ2) is 6.43. The number of benzene rings is 1. The fourth-order valence-electron chi connectivity index (χ4n) is 2.95. The van der Waals surface area contributed by atoms with E-state index >= 15 is 0 Å². The van der Waals surface area contributed by atoms with E-state index in [9.17, 15) is 9.59 Å². The van der Waals surface area contributed by atoms with Gasteiger partial charge >= 0.3 is 0 Å². The Hall–Kier alpha value is -1.69. The van der Waals surface area contributed by atoms with Crippen LogP contribution in [0.4, 0.5) is 5.69 Å². The summed E-state index contributed by atoms with van der Waals surface area (Å²) in [6, 6.07) is 7.97. The smallest absolute Gasteiger partial charge is 0.243 e. The average molecular weight is 333 g/mol. The molecule has 0 radical (unpaired) electrons. The van der Waals surface area contributed by atoms with Crippen molar-refractivity contribution in [2.24, 2.45) is 0 Å². The van der Waals surface area contributed by atoms with Gasteiger partial charge in [-0.15, -0.1) is 11.8 Å². The number of fused-ring (bicyclic) bond motifs is 1. The lowest BCUT2D eigenvalue weighted by Gasteiger charge is -2.33. The number of hydrogen-bond donors (Lipinski definition) is 2. The summed E-state index contributed by atoms with van der Waals surface area (Å²) < 4.78 is -0.448. The maximum atomic E-state index is 12.2. The van der Waals surface area contributed by atoms with Gasteiger partial charge in [0.25, 0.3) is 0 Å². The van der Waals surface area contributed by atoms with Crippen LogP contribution in [0.3, 0.4) is 0 Å². The predicted octanol–water partition coefficient (Wildman–Crippen LogP) is 1.18. The summed E-state index contributed by atoms with van der Waals surface area (Å²) in [6.45, 7) is 6.15. The maximum Gasteiger partial charge on any atom is 0.243 e. The largest absolute Gasteiger partial charge is 0.369 e. The summed E-state index contributed by atoms with van der Waals surface area (Å²) in [4.78, 5) is 26.4. The first-order valence-electron chi connectivity index (χ1n) is 8.03. The highest BCUT2D eigenvalue weighted by Gasteiger charge is 2.37. The Labute approximate surface area is 141 Å². The molecule has 1 saturated heterocycles. The number of amides is 2. The van der Waals surface area contributed by atoms with E-state index in [0.29, 0.717) is 12.3 Å². The van der Waals surface area contributed by atoms with E-state index < -0.39 is 10.8 Å². The first kappa shape index (κ1) is 16.2. The number of hydrogen-bond acceptors (Lipinski definition) is 4. The zero-order valence-electron chi connectivity index (χ0n) is 13.6. The van der Waals surface area contributed by atoms with E-state index in [2.05, 4.69) is 33.7 Å². The number of carbonyl (C=O) groups is 2. The molecule has 0 bridgehead atoms. The van der Waals surface area contributed by atoms with Crippen LogP contribution >= 0.6 is 11.8 Å². The second-order valence-corrected chi connectivity index (χ2v) is 8.15. The van der Waals surface area contributed by atoms with Crippen LogP contribution in [-0.4, -0.2) is 48.0 Å². The van der Waals surface area contributed by atoms with Crippen molar-refractivity contribution in [3.05, 3.63) is 29.8 Å². The van der Waals surface area contributed by atoms with Crippen molar-refractivity contribution in [3.63, 3.8) is 0 Å². The van der Waals surface area contributed by atoms with Gasteiger partial charge < -0.3 is 15.5 Å². The Kier molecular flexibility index (Phi) is 4.53. The number of carbonyl (C=O) groups excluding carboxylic acids is 2. The number of nitrogens with zero attached hydrogens (tertiary/aromatic N) is 1. The Morgan fingerprint density at radius 3 is 3.00 bits per heavy atom. The molecule has 0 aromatic heterocycles. The van der Waals surface area contributed by atoms with E-state index in [1.165, 1.54) is 23.0 Å². The molecule has 1 atom stereocenters.